The van der Waals surface area contributed by atoms with Gasteiger partial charge in [-0.1, -0.05) is 13.8 Å². The molecular weight excluding hydrogens is 184 g/mol. The molecule has 0 radical (unpaired) electrons. The number of hydrogen-bond acceptors (Lipinski definition) is 3. The van der Waals surface area contributed by atoms with Crippen molar-refractivity contribution < 1.29 is 14.7 Å². The third-order valence-electron chi connectivity index (χ3n) is 1.94. The molecule has 0 fully saturated rings. The van der Waals surface area contributed by atoms with Crippen LogP contribution in [0.1, 0.15) is 26.7 Å². The molecule has 1 amide bonds. The Bertz CT molecular complexity index is 204. The molecule has 0 saturated heterocycles. The van der Waals surface area contributed by atoms with Crippen LogP contribution in [-0.2, 0) is 9.59 Å². The number of nitrogens with one attached hydrogen (secondary N) is 1. The van der Waals surface area contributed by atoms with Crippen LogP contribution in [0, 0.1) is 5.92 Å². The summed E-state index contributed by atoms with van der Waals surface area (Å²) in [5, 5.41) is 10.8. The van der Waals surface area contributed by atoms with Crippen LogP contribution in [0.15, 0.2) is 0 Å². The van der Waals surface area contributed by atoms with E-state index in [0.29, 0.717) is 0 Å². The molecule has 0 aromatic rings. The zero-order chi connectivity index (χ0) is 11.1. The summed E-state index contributed by atoms with van der Waals surface area (Å²) in [5.74, 6) is -0.855. The minimum absolute atomic E-state index is 0.0529. The summed E-state index contributed by atoms with van der Waals surface area (Å²) in [5.41, 5.74) is 5.67. The molecule has 0 bridgehead atoms. The van der Waals surface area contributed by atoms with E-state index >= 15 is 0 Å². The molecule has 0 aliphatic carbocycles. The van der Waals surface area contributed by atoms with Gasteiger partial charge in [-0.25, -0.2) is 0 Å². The summed E-state index contributed by atoms with van der Waals surface area (Å²) in [6, 6.07) is -0.167. The van der Waals surface area contributed by atoms with Crippen molar-refractivity contribution in [2.24, 2.45) is 11.7 Å². The van der Waals surface area contributed by atoms with Crippen molar-refractivity contribution in [1.29, 1.82) is 0 Å². The highest BCUT2D eigenvalue weighted by Crippen LogP contribution is 2.01. The van der Waals surface area contributed by atoms with Crippen molar-refractivity contribution in [3.05, 3.63) is 0 Å². The lowest BCUT2D eigenvalue weighted by molar-refractivity contribution is -0.136. The third kappa shape index (κ3) is 6.42. The number of rotatable bonds is 6. The summed E-state index contributed by atoms with van der Waals surface area (Å²) in [4.78, 5) is 21.3. The second kappa shape index (κ2) is 6.37. The fourth-order valence-electron chi connectivity index (χ4n) is 0.831. The van der Waals surface area contributed by atoms with Crippen molar-refractivity contribution in [1.82, 2.24) is 5.32 Å². The maximum absolute atomic E-state index is 11.2. The highest BCUT2D eigenvalue weighted by atomic mass is 16.4. The third-order valence-corrected chi connectivity index (χ3v) is 1.94. The van der Waals surface area contributed by atoms with E-state index in [-0.39, 0.29) is 37.3 Å². The molecule has 0 heterocycles. The molecule has 0 spiro atoms. The molecule has 1 unspecified atom stereocenters. The largest absolute Gasteiger partial charge is 0.481 e. The predicted octanol–water partition coefficient (Wildman–Crippen LogP) is -0.0493. The number of hydrogen-bond donors (Lipinski definition) is 3. The SMILES string of the molecule is CC(C)C(N)CC(=O)NCCC(=O)O. The molecule has 0 aromatic heterocycles. The highest BCUT2D eigenvalue weighted by molar-refractivity contribution is 5.77. The van der Waals surface area contributed by atoms with E-state index in [2.05, 4.69) is 5.32 Å². The standard InChI is InChI=1S/C9H18N2O3/c1-6(2)7(10)5-8(12)11-4-3-9(13)14/h6-7H,3-5,10H2,1-2H3,(H,11,12)(H,13,14). The smallest absolute Gasteiger partial charge is 0.305 e. The van der Waals surface area contributed by atoms with Crippen LogP contribution in [0.3, 0.4) is 0 Å². The number of carbonyl (C=O) groups excluding carboxylic acids is 1. The number of nitrogens with two attached hydrogens (primary N) is 1. The van der Waals surface area contributed by atoms with Crippen LogP contribution in [0.25, 0.3) is 0 Å². The molecule has 0 aliphatic heterocycles. The minimum atomic E-state index is -0.918. The number of carboxylic acids is 1. The molecule has 5 nitrogen and oxygen atoms in total. The maximum atomic E-state index is 11.2. The van der Waals surface area contributed by atoms with E-state index < -0.39 is 5.97 Å². The molecule has 82 valence electrons. The number of carbonyl (C=O) groups is 2. The molecule has 1 atom stereocenters. The van der Waals surface area contributed by atoms with E-state index in [1.807, 2.05) is 13.8 Å². The Morgan fingerprint density at radius 1 is 1.43 bits per heavy atom. The number of aliphatic carboxylic acids is 1. The van der Waals surface area contributed by atoms with Gasteiger partial charge in [-0.2, -0.15) is 0 Å². The van der Waals surface area contributed by atoms with E-state index in [0.717, 1.165) is 0 Å². The molecule has 0 aromatic carbocycles. The quantitative estimate of drug-likeness (QED) is 0.563. The summed E-state index contributed by atoms with van der Waals surface area (Å²) < 4.78 is 0. The Labute approximate surface area is 83.7 Å². The number of carboxylic acid groups (broad SMARTS) is 1. The van der Waals surface area contributed by atoms with Gasteiger partial charge in [-0.15, -0.1) is 0 Å². The van der Waals surface area contributed by atoms with Gasteiger partial charge in [0.05, 0.1) is 6.42 Å². The average molecular weight is 202 g/mol. The Hall–Kier alpha value is -1.10. The van der Waals surface area contributed by atoms with E-state index in [9.17, 15) is 9.59 Å². The first kappa shape index (κ1) is 12.9. The van der Waals surface area contributed by atoms with Gasteiger partial charge in [0.15, 0.2) is 0 Å². The Morgan fingerprint density at radius 2 is 2.00 bits per heavy atom. The minimum Gasteiger partial charge on any atom is -0.481 e. The van der Waals surface area contributed by atoms with Crippen molar-refractivity contribution in [2.75, 3.05) is 6.54 Å². The predicted molar refractivity (Wildman–Crippen MR) is 52.7 cm³/mol. The van der Waals surface area contributed by atoms with Gasteiger partial charge in [-0.3, -0.25) is 9.59 Å². The van der Waals surface area contributed by atoms with Gasteiger partial charge in [0.2, 0.25) is 5.91 Å². The summed E-state index contributed by atoms with van der Waals surface area (Å²) in [7, 11) is 0. The molecule has 0 aliphatic rings. The van der Waals surface area contributed by atoms with Crippen LogP contribution in [-0.4, -0.2) is 29.6 Å². The van der Waals surface area contributed by atoms with Gasteiger partial charge in [-0.05, 0) is 5.92 Å². The van der Waals surface area contributed by atoms with Crippen molar-refractivity contribution in [2.45, 2.75) is 32.7 Å². The lowest BCUT2D eigenvalue weighted by atomic mass is 10.0. The Kier molecular flexibility index (Phi) is 5.87. The fraction of sp³-hybridized carbons (Fsp3) is 0.778. The van der Waals surface area contributed by atoms with Gasteiger partial charge < -0.3 is 16.2 Å². The van der Waals surface area contributed by atoms with Crippen LogP contribution in [0.2, 0.25) is 0 Å². The molecule has 5 heteroatoms. The summed E-state index contributed by atoms with van der Waals surface area (Å²) in [6.07, 6.45) is 0.194. The maximum Gasteiger partial charge on any atom is 0.305 e. The topological polar surface area (TPSA) is 92.4 Å². The van der Waals surface area contributed by atoms with E-state index in [1.165, 1.54) is 0 Å². The van der Waals surface area contributed by atoms with Crippen molar-refractivity contribution >= 4 is 11.9 Å². The van der Waals surface area contributed by atoms with Crippen LogP contribution < -0.4 is 11.1 Å². The van der Waals surface area contributed by atoms with E-state index in [4.69, 9.17) is 10.8 Å². The lowest BCUT2D eigenvalue weighted by Gasteiger charge is -2.14. The van der Waals surface area contributed by atoms with Gasteiger partial charge in [0.1, 0.15) is 0 Å². The van der Waals surface area contributed by atoms with Crippen LogP contribution >= 0.6 is 0 Å². The summed E-state index contributed by atoms with van der Waals surface area (Å²) >= 11 is 0. The van der Waals surface area contributed by atoms with E-state index in [1.54, 1.807) is 0 Å². The second-order valence-electron chi connectivity index (χ2n) is 3.61. The summed E-state index contributed by atoms with van der Waals surface area (Å²) in [6.45, 7) is 4.05. The molecule has 4 N–H and O–H groups in total. The van der Waals surface area contributed by atoms with Gasteiger partial charge in [0.25, 0.3) is 0 Å². The zero-order valence-corrected chi connectivity index (χ0v) is 8.62. The molecule has 14 heavy (non-hydrogen) atoms. The van der Waals surface area contributed by atoms with Crippen LogP contribution in [0.5, 0.6) is 0 Å². The Balaban J connectivity index is 3.60. The molecule has 0 rings (SSSR count). The first-order valence-corrected chi connectivity index (χ1v) is 4.67. The lowest BCUT2D eigenvalue weighted by Crippen LogP contribution is -2.35. The van der Waals surface area contributed by atoms with Crippen LogP contribution in [0.4, 0.5) is 0 Å². The zero-order valence-electron chi connectivity index (χ0n) is 8.62. The average Bonchev–Trinajstić information content (AvgIpc) is 2.02. The monoisotopic (exact) mass is 202 g/mol. The normalized spacial score (nSPS) is 12.6. The fourth-order valence-corrected chi connectivity index (χ4v) is 0.831. The molecule has 0 saturated carbocycles. The first-order valence-electron chi connectivity index (χ1n) is 4.67. The highest BCUT2D eigenvalue weighted by Gasteiger charge is 2.12. The van der Waals surface area contributed by atoms with Crippen molar-refractivity contribution in [3.63, 3.8) is 0 Å². The second-order valence-corrected chi connectivity index (χ2v) is 3.61. The Morgan fingerprint density at radius 3 is 2.43 bits per heavy atom. The van der Waals surface area contributed by atoms with Gasteiger partial charge in [0, 0.05) is 19.0 Å². The van der Waals surface area contributed by atoms with Crippen molar-refractivity contribution in [3.8, 4) is 0 Å². The molecular formula is C9H18N2O3. The van der Waals surface area contributed by atoms with Gasteiger partial charge >= 0.3 is 5.97 Å². The number of amides is 1. The first-order chi connectivity index (χ1) is 6.43.